The zero-order valence-electron chi connectivity index (χ0n) is 16.4. The molecule has 0 aromatic heterocycles. The molecule has 0 radical (unpaired) electrons. The molecule has 6 nitrogen and oxygen atoms in total. The molecule has 2 aliphatic rings. The van der Waals surface area contributed by atoms with Gasteiger partial charge in [0.25, 0.3) is 11.8 Å². The number of carbonyl (C=O) groups excluding carboxylic acids is 2. The highest BCUT2D eigenvalue weighted by Gasteiger charge is 2.38. The van der Waals surface area contributed by atoms with Gasteiger partial charge in [0.15, 0.2) is 12.2 Å². The summed E-state index contributed by atoms with van der Waals surface area (Å²) >= 11 is 0. The SMILES string of the molecule is CCN(C(=O)C(O)C(O)C(=O)N(CC)C1CCCCC1)C1CCCCC1. The Bertz CT molecular complexity index is 417. The summed E-state index contributed by atoms with van der Waals surface area (Å²) in [6.45, 7) is 4.74. The predicted octanol–water partition coefficient (Wildman–Crippen LogP) is 2.07. The molecule has 2 aliphatic carbocycles. The normalized spacial score (nSPS) is 21.8. The summed E-state index contributed by atoms with van der Waals surface area (Å²) in [5.41, 5.74) is 0. The second-order valence-corrected chi connectivity index (χ2v) is 7.72. The van der Waals surface area contributed by atoms with Crippen LogP contribution < -0.4 is 0 Å². The molecule has 2 saturated carbocycles. The van der Waals surface area contributed by atoms with Gasteiger partial charge in [-0.15, -0.1) is 0 Å². The Kier molecular flexibility index (Phi) is 8.35. The van der Waals surface area contributed by atoms with Crippen LogP contribution >= 0.6 is 0 Å². The third-order valence-electron chi connectivity index (χ3n) is 6.08. The second-order valence-electron chi connectivity index (χ2n) is 7.72. The average molecular weight is 369 g/mol. The first-order chi connectivity index (χ1) is 12.5. The minimum atomic E-state index is -1.68. The Morgan fingerprint density at radius 1 is 0.731 bits per heavy atom. The lowest BCUT2D eigenvalue weighted by atomic mass is 9.93. The zero-order valence-corrected chi connectivity index (χ0v) is 16.4. The number of hydrogen-bond acceptors (Lipinski definition) is 4. The third-order valence-corrected chi connectivity index (χ3v) is 6.08. The molecule has 2 amide bonds. The molecule has 0 spiro atoms. The first kappa shape index (κ1) is 21.2. The van der Waals surface area contributed by atoms with Crippen molar-refractivity contribution in [2.75, 3.05) is 13.1 Å². The van der Waals surface area contributed by atoms with E-state index in [-0.39, 0.29) is 12.1 Å². The van der Waals surface area contributed by atoms with Crippen LogP contribution in [0.15, 0.2) is 0 Å². The van der Waals surface area contributed by atoms with Crippen LogP contribution in [0.25, 0.3) is 0 Å². The Hall–Kier alpha value is -1.14. The van der Waals surface area contributed by atoms with Gasteiger partial charge in [-0.2, -0.15) is 0 Å². The Morgan fingerprint density at radius 3 is 1.31 bits per heavy atom. The van der Waals surface area contributed by atoms with Gasteiger partial charge >= 0.3 is 0 Å². The van der Waals surface area contributed by atoms with Crippen molar-refractivity contribution < 1.29 is 19.8 Å². The molecule has 2 rings (SSSR count). The minimum absolute atomic E-state index is 0.110. The topological polar surface area (TPSA) is 81.1 Å². The van der Waals surface area contributed by atoms with Crippen LogP contribution in [0, 0.1) is 0 Å². The van der Waals surface area contributed by atoms with E-state index >= 15 is 0 Å². The van der Waals surface area contributed by atoms with Crippen LogP contribution in [-0.4, -0.2) is 69.2 Å². The lowest BCUT2D eigenvalue weighted by Crippen LogP contribution is -2.55. The van der Waals surface area contributed by atoms with Gasteiger partial charge < -0.3 is 20.0 Å². The fraction of sp³-hybridized carbons (Fsp3) is 0.900. The average Bonchev–Trinajstić information content (AvgIpc) is 2.69. The highest BCUT2D eigenvalue weighted by molar-refractivity contribution is 5.91. The molecule has 0 heterocycles. The van der Waals surface area contributed by atoms with Gasteiger partial charge in [0.2, 0.25) is 0 Å². The van der Waals surface area contributed by atoms with Crippen molar-refractivity contribution in [2.45, 2.75) is 102 Å². The molecule has 26 heavy (non-hydrogen) atoms. The maximum Gasteiger partial charge on any atom is 0.254 e. The van der Waals surface area contributed by atoms with Gasteiger partial charge in [0, 0.05) is 25.2 Å². The molecule has 6 heteroatoms. The molecule has 2 N–H and O–H groups in total. The molecule has 0 aromatic carbocycles. The fourth-order valence-electron chi connectivity index (χ4n) is 4.58. The van der Waals surface area contributed by atoms with Gasteiger partial charge in [-0.05, 0) is 39.5 Å². The maximum atomic E-state index is 12.8. The molecular formula is C20H36N2O4. The smallest absolute Gasteiger partial charge is 0.254 e. The summed E-state index contributed by atoms with van der Waals surface area (Å²) in [5.74, 6) is -1.03. The monoisotopic (exact) mass is 368 g/mol. The number of rotatable bonds is 7. The van der Waals surface area contributed by atoms with Crippen LogP contribution in [0.4, 0.5) is 0 Å². The van der Waals surface area contributed by atoms with Gasteiger partial charge in [0.1, 0.15) is 0 Å². The Balaban J connectivity index is 2.01. The first-order valence-corrected chi connectivity index (χ1v) is 10.5. The van der Waals surface area contributed by atoms with Gasteiger partial charge in [0.05, 0.1) is 0 Å². The molecule has 0 saturated heterocycles. The summed E-state index contributed by atoms with van der Waals surface area (Å²) in [6, 6.07) is 0.220. The van der Waals surface area contributed by atoms with Gasteiger partial charge in [-0.1, -0.05) is 38.5 Å². The molecule has 2 unspecified atom stereocenters. The summed E-state index contributed by atoms with van der Waals surface area (Å²) in [4.78, 5) is 28.8. The van der Waals surface area contributed by atoms with Crippen molar-refractivity contribution in [2.24, 2.45) is 0 Å². The standard InChI is InChI=1S/C20H36N2O4/c1-3-21(15-11-7-5-8-12-15)19(25)17(23)18(24)20(26)22(4-2)16-13-9-6-10-14-16/h15-18,23-24H,3-14H2,1-2H3. The summed E-state index contributed by atoms with van der Waals surface area (Å²) in [5, 5.41) is 20.9. The number of likely N-dealkylation sites (N-methyl/N-ethyl adjacent to an activating group) is 2. The van der Waals surface area contributed by atoms with E-state index in [0.29, 0.717) is 13.1 Å². The van der Waals surface area contributed by atoms with Crippen molar-refractivity contribution in [1.82, 2.24) is 9.80 Å². The number of aliphatic hydroxyl groups is 2. The number of aliphatic hydroxyl groups excluding tert-OH is 2. The van der Waals surface area contributed by atoms with Crippen LogP contribution in [0.1, 0.15) is 78.1 Å². The summed E-state index contributed by atoms with van der Waals surface area (Å²) in [6.07, 6.45) is 7.04. The van der Waals surface area contributed by atoms with Crippen LogP contribution in [0.5, 0.6) is 0 Å². The van der Waals surface area contributed by atoms with Crippen LogP contribution in [-0.2, 0) is 9.59 Å². The maximum absolute atomic E-state index is 12.8. The van der Waals surface area contributed by atoms with E-state index < -0.39 is 24.0 Å². The lowest BCUT2D eigenvalue weighted by molar-refractivity contribution is -0.161. The molecule has 0 aliphatic heterocycles. The van der Waals surface area contributed by atoms with Crippen molar-refractivity contribution in [1.29, 1.82) is 0 Å². The van der Waals surface area contributed by atoms with Crippen molar-refractivity contribution in [3.05, 3.63) is 0 Å². The number of nitrogens with zero attached hydrogens (tertiary/aromatic N) is 2. The highest BCUT2D eigenvalue weighted by atomic mass is 16.3. The third kappa shape index (κ3) is 4.97. The highest BCUT2D eigenvalue weighted by Crippen LogP contribution is 2.25. The van der Waals surface area contributed by atoms with E-state index in [1.54, 1.807) is 9.80 Å². The van der Waals surface area contributed by atoms with Crippen molar-refractivity contribution >= 4 is 11.8 Å². The number of amides is 2. The minimum Gasteiger partial charge on any atom is -0.380 e. The van der Waals surface area contributed by atoms with E-state index in [1.807, 2.05) is 13.8 Å². The molecule has 150 valence electrons. The zero-order chi connectivity index (χ0) is 19.1. The number of carbonyl (C=O) groups is 2. The van der Waals surface area contributed by atoms with E-state index in [1.165, 1.54) is 12.8 Å². The second kappa shape index (κ2) is 10.3. The van der Waals surface area contributed by atoms with Gasteiger partial charge in [-0.3, -0.25) is 9.59 Å². The summed E-state index contributed by atoms with van der Waals surface area (Å²) in [7, 11) is 0. The van der Waals surface area contributed by atoms with E-state index in [2.05, 4.69) is 0 Å². The van der Waals surface area contributed by atoms with Crippen LogP contribution in [0.2, 0.25) is 0 Å². The van der Waals surface area contributed by atoms with Crippen molar-refractivity contribution in [3.63, 3.8) is 0 Å². The van der Waals surface area contributed by atoms with E-state index in [9.17, 15) is 19.8 Å². The Labute approximate surface area is 157 Å². The lowest BCUT2D eigenvalue weighted by Gasteiger charge is -2.37. The van der Waals surface area contributed by atoms with Crippen LogP contribution in [0.3, 0.4) is 0 Å². The molecule has 0 aromatic rings. The van der Waals surface area contributed by atoms with Crippen molar-refractivity contribution in [3.8, 4) is 0 Å². The largest absolute Gasteiger partial charge is 0.380 e. The van der Waals surface area contributed by atoms with Gasteiger partial charge in [-0.25, -0.2) is 0 Å². The summed E-state index contributed by atoms with van der Waals surface area (Å²) < 4.78 is 0. The quantitative estimate of drug-likeness (QED) is 0.721. The predicted molar refractivity (Wildman–Crippen MR) is 101 cm³/mol. The molecule has 2 fully saturated rings. The van der Waals surface area contributed by atoms with E-state index in [4.69, 9.17) is 0 Å². The first-order valence-electron chi connectivity index (χ1n) is 10.5. The Morgan fingerprint density at radius 2 is 1.04 bits per heavy atom. The molecule has 2 atom stereocenters. The fourth-order valence-corrected chi connectivity index (χ4v) is 4.58. The molecule has 0 bridgehead atoms. The molecular weight excluding hydrogens is 332 g/mol. The van der Waals surface area contributed by atoms with E-state index in [0.717, 1.165) is 51.4 Å². The number of hydrogen-bond donors (Lipinski definition) is 2.